The largest absolute Gasteiger partial charge is 0.478 e. The van der Waals surface area contributed by atoms with Crippen molar-refractivity contribution in [2.24, 2.45) is 0 Å². The highest BCUT2D eigenvalue weighted by Crippen LogP contribution is 2.29. The summed E-state index contributed by atoms with van der Waals surface area (Å²) < 4.78 is 38.4. The lowest BCUT2D eigenvalue weighted by Crippen LogP contribution is -2.08. The summed E-state index contributed by atoms with van der Waals surface area (Å²) in [5, 5.41) is 8.29. The van der Waals surface area contributed by atoms with Crippen molar-refractivity contribution in [3.63, 3.8) is 0 Å². The lowest BCUT2D eigenvalue weighted by atomic mass is 10.2. The summed E-state index contributed by atoms with van der Waals surface area (Å²) in [6.45, 7) is 0. The van der Waals surface area contributed by atoms with E-state index in [9.17, 15) is 17.6 Å². The van der Waals surface area contributed by atoms with E-state index in [1.165, 1.54) is 6.07 Å². The maximum absolute atomic E-state index is 13.6. The topological polar surface area (TPSA) is 71.4 Å². The van der Waals surface area contributed by atoms with Crippen molar-refractivity contribution in [3.8, 4) is 0 Å². The fourth-order valence-corrected chi connectivity index (χ4v) is 4.59. The molecule has 0 spiro atoms. The summed E-state index contributed by atoms with van der Waals surface area (Å²) in [7, 11) is -3.91. The fourth-order valence-electron chi connectivity index (χ4n) is 1.60. The molecule has 0 aliphatic carbocycles. The van der Waals surface area contributed by atoms with Gasteiger partial charge in [0.25, 0.3) is 0 Å². The molecule has 2 aromatic rings. The molecule has 0 bridgehead atoms. The van der Waals surface area contributed by atoms with Crippen LogP contribution in [0, 0.1) is 5.82 Å². The van der Waals surface area contributed by atoms with Gasteiger partial charge >= 0.3 is 5.97 Å². The molecule has 2 rings (SSSR count). The molecule has 0 saturated heterocycles. The van der Waals surface area contributed by atoms with Crippen LogP contribution < -0.4 is 0 Å². The van der Waals surface area contributed by atoms with E-state index < -0.39 is 42.9 Å². The Morgan fingerprint density at radius 3 is 2.48 bits per heavy atom. The molecular formula is C12H7Cl2FO4S2. The molecule has 1 heterocycles. The molecule has 21 heavy (non-hydrogen) atoms. The van der Waals surface area contributed by atoms with Crippen LogP contribution in [0.1, 0.15) is 15.2 Å². The molecule has 0 aliphatic heterocycles. The van der Waals surface area contributed by atoms with Gasteiger partial charge in [-0.2, -0.15) is 0 Å². The Bertz CT molecular complexity index is 815. The summed E-state index contributed by atoms with van der Waals surface area (Å²) >= 11 is 12.3. The molecule has 0 aliphatic rings. The molecule has 0 saturated carbocycles. The highest BCUT2D eigenvalue weighted by atomic mass is 35.5. The van der Waals surface area contributed by atoms with Gasteiger partial charge in [-0.15, -0.1) is 11.3 Å². The number of aromatic carboxylic acids is 1. The van der Waals surface area contributed by atoms with Crippen molar-refractivity contribution in [3.05, 3.63) is 49.9 Å². The number of benzene rings is 1. The monoisotopic (exact) mass is 368 g/mol. The second-order valence-electron chi connectivity index (χ2n) is 4.04. The van der Waals surface area contributed by atoms with Crippen LogP contribution >= 0.6 is 34.5 Å². The summed E-state index contributed by atoms with van der Waals surface area (Å²) in [5.41, 5.74) is -0.598. The Morgan fingerprint density at radius 1 is 1.29 bits per heavy atom. The Balaban J connectivity index is 2.47. The minimum atomic E-state index is -3.91. The Labute approximate surface area is 133 Å². The zero-order valence-electron chi connectivity index (χ0n) is 10.1. The van der Waals surface area contributed by atoms with Crippen molar-refractivity contribution >= 4 is 50.3 Å². The average molecular weight is 369 g/mol. The van der Waals surface area contributed by atoms with Gasteiger partial charge in [0, 0.05) is 4.88 Å². The fraction of sp³-hybridized carbons (Fsp3) is 0.0833. The van der Waals surface area contributed by atoms with Crippen molar-refractivity contribution in [2.45, 2.75) is 10.6 Å². The molecule has 0 amide bonds. The number of thiophene rings is 1. The van der Waals surface area contributed by atoms with Gasteiger partial charge in [0.1, 0.15) is 5.82 Å². The molecule has 112 valence electrons. The van der Waals surface area contributed by atoms with Crippen LogP contribution in [0.15, 0.2) is 29.2 Å². The van der Waals surface area contributed by atoms with Crippen LogP contribution in [-0.2, 0) is 15.6 Å². The second-order valence-corrected chi connectivity index (χ2v) is 8.20. The standard InChI is InChI=1S/C12H7Cl2FO4S2/c13-10-2-1-6(20-10)5-21(18,19)7-3-8(12(16)17)11(14)9(15)4-7/h1-4H,5H2,(H,16,17). The Morgan fingerprint density at radius 2 is 1.95 bits per heavy atom. The zero-order valence-corrected chi connectivity index (χ0v) is 13.3. The van der Waals surface area contributed by atoms with Crippen molar-refractivity contribution < 1.29 is 22.7 Å². The summed E-state index contributed by atoms with van der Waals surface area (Å²) in [5.74, 6) is -3.00. The normalized spacial score (nSPS) is 11.6. The number of rotatable bonds is 4. The van der Waals surface area contributed by atoms with E-state index in [2.05, 4.69) is 0 Å². The van der Waals surface area contributed by atoms with E-state index in [-0.39, 0.29) is 0 Å². The number of hydrogen-bond acceptors (Lipinski definition) is 4. The predicted octanol–water partition coefficient (Wildman–Crippen LogP) is 3.87. The number of halogens is 3. The second kappa shape index (κ2) is 5.92. The molecule has 1 aromatic carbocycles. The molecule has 9 heteroatoms. The third-order valence-electron chi connectivity index (χ3n) is 2.55. The first-order chi connectivity index (χ1) is 9.70. The van der Waals surface area contributed by atoms with Gasteiger partial charge in [0.15, 0.2) is 9.84 Å². The van der Waals surface area contributed by atoms with Gasteiger partial charge in [-0.05, 0) is 24.3 Å². The van der Waals surface area contributed by atoms with Gasteiger partial charge in [-0.1, -0.05) is 23.2 Å². The van der Waals surface area contributed by atoms with Crippen LogP contribution in [0.25, 0.3) is 0 Å². The maximum atomic E-state index is 13.6. The average Bonchev–Trinajstić information content (AvgIpc) is 2.76. The lowest BCUT2D eigenvalue weighted by molar-refractivity contribution is 0.0696. The van der Waals surface area contributed by atoms with E-state index in [0.717, 1.165) is 17.4 Å². The number of carboxylic acid groups (broad SMARTS) is 1. The van der Waals surface area contributed by atoms with Gasteiger partial charge in [-0.3, -0.25) is 0 Å². The minimum Gasteiger partial charge on any atom is -0.478 e. The van der Waals surface area contributed by atoms with E-state index in [4.69, 9.17) is 28.3 Å². The van der Waals surface area contributed by atoms with Gasteiger partial charge in [0.05, 0.1) is 25.6 Å². The lowest BCUT2D eigenvalue weighted by Gasteiger charge is -2.07. The predicted molar refractivity (Wildman–Crippen MR) is 78.6 cm³/mol. The molecule has 4 nitrogen and oxygen atoms in total. The third-order valence-corrected chi connectivity index (χ3v) is 6.00. The van der Waals surface area contributed by atoms with E-state index in [1.54, 1.807) is 6.07 Å². The maximum Gasteiger partial charge on any atom is 0.337 e. The van der Waals surface area contributed by atoms with Gasteiger partial charge in [0.2, 0.25) is 0 Å². The molecular weight excluding hydrogens is 362 g/mol. The third kappa shape index (κ3) is 3.55. The van der Waals surface area contributed by atoms with Gasteiger partial charge in [-0.25, -0.2) is 17.6 Å². The van der Waals surface area contributed by atoms with Crippen molar-refractivity contribution in [2.75, 3.05) is 0 Å². The minimum absolute atomic E-state index is 0.398. The highest BCUT2D eigenvalue weighted by Gasteiger charge is 2.22. The van der Waals surface area contributed by atoms with Gasteiger partial charge < -0.3 is 5.11 Å². The molecule has 1 aromatic heterocycles. The number of carbonyl (C=O) groups is 1. The van der Waals surface area contributed by atoms with Crippen molar-refractivity contribution in [1.82, 2.24) is 0 Å². The first kappa shape index (κ1) is 16.2. The highest BCUT2D eigenvalue weighted by molar-refractivity contribution is 7.90. The first-order valence-electron chi connectivity index (χ1n) is 5.40. The van der Waals surface area contributed by atoms with Crippen LogP contribution in [0.3, 0.4) is 0 Å². The van der Waals surface area contributed by atoms with Crippen LogP contribution in [0.4, 0.5) is 4.39 Å². The summed E-state index contributed by atoms with van der Waals surface area (Å²) in [6.07, 6.45) is 0. The first-order valence-corrected chi connectivity index (χ1v) is 8.62. The number of carboxylic acids is 1. The van der Waals surface area contributed by atoms with E-state index in [1.807, 2.05) is 0 Å². The van der Waals surface area contributed by atoms with Crippen LogP contribution in [0.5, 0.6) is 0 Å². The van der Waals surface area contributed by atoms with Crippen molar-refractivity contribution in [1.29, 1.82) is 0 Å². The number of sulfone groups is 1. The number of hydrogen-bond donors (Lipinski definition) is 1. The Hall–Kier alpha value is -1.15. The molecule has 0 radical (unpaired) electrons. The molecule has 1 N–H and O–H groups in total. The summed E-state index contributed by atoms with van der Waals surface area (Å²) in [4.78, 5) is 11.0. The van der Waals surface area contributed by atoms with Crippen LogP contribution in [0.2, 0.25) is 9.36 Å². The van der Waals surface area contributed by atoms with E-state index >= 15 is 0 Å². The SMILES string of the molecule is O=C(O)c1cc(S(=O)(=O)Cc2ccc(Cl)s2)cc(F)c1Cl. The molecule has 0 atom stereocenters. The smallest absolute Gasteiger partial charge is 0.337 e. The molecule has 0 fully saturated rings. The molecule has 0 unspecified atom stereocenters. The quantitative estimate of drug-likeness (QED) is 0.888. The Kier molecular flexibility index (Phi) is 4.57. The van der Waals surface area contributed by atoms with E-state index in [0.29, 0.717) is 15.3 Å². The summed E-state index contributed by atoms with van der Waals surface area (Å²) in [6, 6.07) is 4.63. The van der Waals surface area contributed by atoms with Crippen LogP contribution in [-0.4, -0.2) is 19.5 Å². The zero-order chi connectivity index (χ0) is 15.8.